The van der Waals surface area contributed by atoms with Gasteiger partial charge >= 0.3 is 0 Å². The Morgan fingerprint density at radius 2 is 2.21 bits per heavy atom. The van der Waals surface area contributed by atoms with Crippen molar-refractivity contribution in [1.29, 1.82) is 0 Å². The van der Waals surface area contributed by atoms with Crippen LogP contribution >= 0.6 is 45.7 Å². The average Bonchev–Trinajstić information content (AvgIpc) is 2.59. The Balaban J connectivity index is 2.81. The van der Waals surface area contributed by atoms with Gasteiger partial charge in [0.05, 0.1) is 0 Å². The van der Waals surface area contributed by atoms with Gasteiger partial charge < -0.3 is 0 Å². The third kappa shape index (κ3) is 1.70. The number of aryl methyl sites for hydroxylation is 1. The molecule has 0 atom stereocenters. The summed E-state index contributed by atoms with van der Waals surface area (Å²) in [6.07, 6.45) is 3.28. The van der Waals surface area contributed by atoms with Crippen LogP contribution in [0.1, 0.15) is 12.5 Å². The molecule has 0 amide bonds. The number of hydrogen-bond acceptors (Lipinski definition) is 2. The van der Waals surface area contributed by atoms with Crippen molar-refractivity contribution < 1.29 is 0 Å². The smallest absolute Gasteiger partial charge is 0.0357 e. The summed E-state index contributed by atoms with van der Waals surface area (Å²) in [5.41, 5.74) is 1.51. The summed E-state index contributed by atoms with van der Waals surface area (Å²) >= 11 is 6.13. The van der Waals surface area contributed by atoms with Gasteiger partial charge in [-0.1, -0.05) is 6.92 Å². The maximum Gasteiger partial charge on any atom is 0.0357 e. The largest absolute Gasteiger partial charge is 0.143 e. The molecule has 1 aromatic carbocycles. The van der Waals surface area contributed by atoms with E-state index in [9.17, 15) is 0 Å². The Hall–Kier alpha value is 0.260. The van der Waals surface area contributed by atoms with Gasteiger partial charge in [0, 0.05) is 23.9 Å². The van der Waals surface area contributed by atoms with E-state index in [2.05, 4.69) is 53.3 Å². The van der Waals surface area contributed by atoms with E-state index in [4.69, 9.17) is 0 Å². The van der Waals surface area contributed by atoms with Gasteiger partial charge in [0.2, 0.25) is 0 Å². The molecule has 0 saturated carbocycles. The fourth-order valence-electron chi connectivity index (χ4n) is 1.68. The molecule has 0 unspecified atom stereocenters. The van der Waals surface area contributed by atoms with E-state index >= 15 is 0 Å². The highest BCUT2D eigenvalue weighted by Gasteiger charge is 2.09. The number of benzene rings is 1. The lowest BCUT2D eigenvalue weighted by Crippen LogP contribution is -1.86. The van der Waals surface area contributed by atoms with Crippen molar-refractivity contribution in [3.05, 3.63) is 26.6 Å². The lowest BCUT2D eigenvalue weighted by Gasteiger charge is -2.06. The average molecular weight is 334 g/mol. The van der Waals surface area contributed by atoms with Crippen molar-refractivity contribution in [3.8, 4) is 0 Å². The molecule has 1 heterocycles. The van der Waals surface area contributed by atoms with Crippen molar-refractivity contribution in [2.45, 2.75) is 18.2 Å². The summed E-state index contributed by atoms with van der Waals surface area (Å²) in [5.74, 6) is 0. The summed E-state index contributed by atoms with van der Waals surface area (Å²) in [7, 11) is 0. The van der Waals surface area contributed by atoms with Crippen LogP contribution in [0, 0.1) is 3.57 Å². The van der Waals surface area contributed by atoms with Gasteiger partial charge in [-0.05, 0) is 53.0 Å². The highest BCUT2D eigenvalue weighted by Crippen LogP contribution is 2.35. The molecule has 0 fully saturated rings. The molecule has 0 aliphatic carbocycles. The lowest BCUT2D eigenvalue weighted by atomic mass is 10.1. The minimum atomic E-state index is 1.13. The second kappa shape index (κ2) is 4.41. The molecule has 0 aliphatic heterocycles. The minimum Gasteiger partial charge on any atom is -0.143 e. The molecule has 0 saturated heterocycles. The van der Waals surface area contributed by atoms with E-state index in [1.807, 2.05) is 23.1 Å². The Morgan fingerprint density at radius 3 is 2.86 bits per heavy atom. The molecule has 0 bridgehead atoms. The first kappa shape index (κ1) is 10.8. The van der Waals surface area contributed by atoms with Crippen LogP contribution in [0.4, 0.5) is 0 Å². The fourth-order valence-corrected chi connectivity index (χ4v) is 4.41. The van der Waals surface area contributed by atoms with Crippen LogP contribution in [0.25, 0.3) is 10.1 Å². The van der Waals surface area contributed by atoms with Crippen LogP contribution in [0.5, 0.6) is 0 Å². The van der Waals surface area contributed by atoms with Gasteiger partial charge in [-0.15, -0.1) is 23.1 Å². The summed E-state index contributed by atoms with van der Waals surface area (Å²) in [5, 5.41) is 3.72. The summed E-state index contributed by atoms with van der Waals surface area (Å²) in [6, 6.07) is 4.49. The second-order valence-corrected chi connectivity index (χ2v) is 5.98. The van der Waals surface area contributed by atoms with Crippen LogP contribution in [-0.4, -0.2) is 6.26 Å². The van der Waals surface area contributed by atoms with Crippen molar-refractivity contribution in [3.63, 3.8) is 0 Å². The van der Waals surface area contributed by atoms with Crippen molar-refractivity contribution in [2.75, 3.05) is 6.26 Å². The summed E-state index contributed by atoms with van der Waals surface area (Å²) < 4.78 is 2.82. The molecule has 0 N–H and O–H groups in total. The van der Waals surface area contributed by atoms with E-state index in [1.54, 1.807) is 0 Å². The third-order valence-electron chi connectivity index (χ3n) is 2.33. The number of hydrogen-bond donors (Lipinski definition) is 0. The number of thiophene rings is 1. The number of fused-ring (bicyclic) bond motifs is 1. The second-order valence-electron chi connectivity index (χ2n) is 3.06. The van der Waals surface area contributed by atoms with Gasteiger partial charge in [0.15, 0.2) is 0 Å². The SMILES string of the molecule is CCc1c(SC)ccc2scc(I)c12. The molecule has 2 aromatic rings. The van der Waals surface area contributed by atoms with Gasteiger partial charge in [-0.3, -0.25) is 0 Å². The monoisotopic (exact) mass is 334 g/mol. The molecule has 0 radical (unpaired) electrons. The van der Waals surface area contributed by atoms with Gasteiger partial charge in [0.25, 0.3) is 0 Å². The highest BCUT2D eigenvalue weighted by molar-refractivity contribution is 14.1. The van der Waals surface area contributed by atoms with Crippen LogP contribution in [0.15, 0.2) is 22.4 Å². The third-order valence-corrected chi connectivity index (χ3v) is 5.38. The quantitative estimate of drug-likeness (QED) is 0.562. The lowest BCUT2D eigenvalue weighted by molar-refractivity contribution is 1.11. The molecule has 1 aromatic heterocycles. The van der Waals surface area contributed by atoms with E-state index < -0.39 is 0 Å². The molecule has 14 heavy (non-hydrogen) atoms. The van der Waals surface area contributed by atoms with Crippen LogP contribution in [-0.2, 0) is 6.42 Å². The fraction of sp³-hybridized carbons (Fsp3) is 0.273. The zero-order valence-corrected chi connectivity index (χ0v) is 11.9. The standard InChI is InChI=1S/C11H11IS2/c1-3-7-9(13-2)4-5-10-11(7)8(12)6-14-10/h4-6H,3H2,1-2H3. The first-order valence-electron chi connectivity index (χ1n) is 4.50. The summed E-state index contributed by atoms with van der Waals surface area (Å²) in [4.78, 5) is 1.43. The van der Waals surface area contributed by atoms with Gasteiger partial charge in [-0.25, -0.2) is 0 Å². The zero-order valence-electron chi connectivity index (χ0n) is 8.13. The van der Waals surface area contributed by atoms with Crippen molar-refractivity contribution in [1.82, 2.24) is 0 Å². The van der Waals surface area contributed by atoms with Crippen LogP contribution in [0.2, 0.25) is 0 Å². The highest BCUT2D eigenvalue weighted by atomic mass is 127. The Bertz CT molecular complexity index is 460. The Kier molecular flexibility index (Phi) is 3.39. The van der Waals surface area contributed by atoms with E-state index in [0.29, 0.717) is 0 Å². The number of rotatable bonds is 2. The predicted octanol–water partition coefficient (Wildman–Crippen LogP) is 4.79. The molecule has 3 heteroatoms. The summed E-state index contributed by atoms with van der Waals surface area (Å²) in [6.45, 7) is 2.24. The topological polar surface area (TPSA) is 0 Å². The predicted molar refractivity (Wildman–Crippen MR) is 75.7 cm³/mol. The van der Waals surface area contributed by atoms with Gasteiger partial charge in [0.1, 0.15) is 0 Å². The number of halogens is 1. The van der Waals surface area contributed by atoms with Gasteiger partial charge in [-0.2, -0.15) is 0 Å². The maximum atomic E-state index is 2.44. The normalized spacial score (nSPS) is 11.1. The van der Waals surface area contributed by atoms with E-state index in [1.165, 1.54) is 24.1 Å². The maximum absolute atomic E-state index is 2.44. The van der Waals surface area contributed by atoms with E-state index in [0.717, 1.165) is 6.42 Å². The van der Waals surface area contributed by atoms with E-state index in [-0.39, 0.29) is 0 Å². The molecule has 2 rings (SSSR count). The molecule has 0 nitrogen and oxygen atoms in total. The Labute approximate surface area is 106 Å². The van der Waals surface area contributed by atoms with Crippen molar-refractivity contribution in [2.24, 2.45) is 0 Å². The van der Waals surface area contributed by atoms with Crippen molar-refractivity contribution >= 4 is 55.8 Å². The first-order valence-corrected chi connectivity index (χ1v) is 7.68. The molecule has 0 aliphatic rings. The van der Waals surface area contributed by atoms with Crippen LogP contribution in [0.3, 0.4) is 0 Å². The molecule has 0 spiro atoms. The minimum absolute atomic E-state index is 1.13. The first-order chi connectivity index (χ1) is 6.77. The molecular weight excluding hydrogens is 323 g/mol. The van der Waals surface area contributed by atoms with Crippen LogP contribution < -0.4 is 0 Å². The number of thioether (sulfide) groups is 1. The molecular formula is C11H11IS2. The molecule has 74 valence electrons. The Morgan fingerprint density at radius 1 is 1.43 bits per heavy atom. The zero-order chi connectivity index (χ0) is 10.1.